The van der Waals surface area contributed by atoms with Gasteiger partial charge in [0.1, 0.15) is 16.6 Å². The molecule has 18 heavy (non-hydrogen) atoms. The van der Waals surface area contributed by atoms with Crippen LogP contribution in [0.5, 0.6) is 0 Å². The highest BCUT2D eigenvalue weighted by atomic mass is 32.2. The first-order chi connectivity index (χ1) is 8.27. The summed E-state index contributed by atoms with van der Waals surface area (Å²) in [5, 5.41) is 8.77. The van der Waals surface area contributed by atoms with Gasteiger partial charge in [-0.2, -0.15) is 5.26 Å². The van der Waals surface area contributed by atoms with Crippen LogP contribution >= 0.6 is 0 Å². The molecule has 0 spiro atoms. The molecule has 0 saturated heterocycles. The molecule has 0 unspecified atom stereocenters. The van der Waals surface area contributed by atoms with Crippen molar-refractivity contribution in [3.05, 3.63) is 35.1 Å². The molecule has 1 rings (SSSR count). The van der Waals surface area contributed by atoms with Crippen LogP contribution in [-0.4, -0.2) is 9.30 Å². The Morgan fingerprint density at radius 1 is 1.44 bits per heavy atom. The van der Waals surface area contributed by atoms with Gasteiger partial charge in [-0.25, -0.2) is 4.39 Å². The van der Waals surface area contributed by atoms with E-state index in [-0.39, 0.29) is 5.56 Å². The zero-order chi connectivity index (χ0) is 13.9. The highest BCUT2D eigenvalue weighted by molar-refractivity contribution is 7.90. The maximum Gasteiger partial charge on any atom is 0.145 e. The third kappa shape index (κ3) is 3.45. The van der Waals surface area contributed by atoms with E-state index in [1.807, 2.05) is 20.8 Å². The van der Waals surface area contributed by atoms with E-state index in [2.05, 4.69) is 4.72 Å². The first-order valence-electron chi connectivity index (χ1n) is 5.64. The molecule has 0 fully saturated rings. The predicted molar refractivity (Wildman–Crippen MR) is 70.6 cm³/mol. The molecule has 0 heterocycles. The number of hydrogen-bond acceptors (Lipinski definition) is 3. The Balaban J connectivity index is 2.92. The summed E-state index contributed by atoms with van der Waals surface area (Å²) >= 11 is -1.28. The Labute approximate surface area is 110 Å². The molecule has 98 valence electrons. The lowest BCUT2D eigenvalue weighted by atomic mass is 10.1. The van der Waals surface area contributed by atoms with Crippen molar-refractivity contribution >= 4 is 11.4 Å². The molecule has 1 aromatic carbocycles. The minimum Gasteiger partial charge on any atom is -0.598 e. The van der Waals surface area contributed by atoms with Crippen molar-refractivity contribution in [2.75, 3.05) is 0 Å². The average molecular weight is 268 g/mol. The van der Waals surface area contributed by atoms with Crippen LogP contribution in [0.4, 0.5) is 4.39 Å². The van der Waals surface area contributed by atoms with E-state index in [0.717, 1.165) is 0 Å². The molecule has 0 aromatic heterocycles. The molecule has 1 aromatic rings. The summed E-state index contributed by atoms with van der Waals surface area (Å²) in [5.74, 6) is -0.550. The zero-order valence-electron chi connectivity index (χ0n) is 11.0. The van der Waals surface area contributed by atoms with Gasteiger partial charge in [-0.3, -0.25) is 0 Å². The fourth-order valence-corrected chi connectivity index (χ4v) is 2.17. The summed E-state index contributed by atoms with van der Waals surface area (Å²) in [5.41, 5.74) is 0.356. The number of nitrogens with zero attached hydrogens (tertiary/aromatic N) is 1. The van der Waals surface area contributed by atoms with Crippen molar-refractivity contribution in [2.45, 2.75) is 38.5 Å². The Morgan fingerprint density at radius 2 is 2.06 bits per heavy atom. The smallest absolute Gasteiger partial charge is 0.145 e. The SMILES string of the molecule is C[C@@H](N[S@@+]([O-])C(C)(C)C)c1cccc(C#N)c1F. The summed E-state index contributed by atoms with van der Waals surface area (Å²) in [6, 6.07) is 6.01. The summed E-state index contributed by atoms with van der Waals surface area (Å²) in [4.78, 5) is 0. The third-order valence-electron chi connectivity index (χ3n) is 2.46. The molecule has 0 saturated carbocycles. The van der Waals surface area contributed by atoms with Gasteiger partial charge in [0.15, 0.2) is 0 Å². The van der Waals surface area contributed by atoms with Gasteiger partial charge in [-0.1, -0.05) is 12.1 Å². The number of nitriles is 1. The number of halogens is 1. The van der Waals surface area contributed by atoms with E-state index in [1.54, 1.807) is 25.1 Å². The summed E-state index contributed by atoms with van der Waals surface area (Å²) < 4.78 is 28.3. The second-order valence-electron chi connectivity index (χ2n) is 5.04. The van der Waals surface area contributed by atoms with Crippen molar-refractivity contribution in [1.82, 2.24) is 4.72 Å². The number of rotatable bonds is 3. The van der Waals surface area contributed by atoms with Crippen molar-refractivity contribution in [1.29, 1.82) is 5.26 Å². The van der Waals surface area contributed by atoms with Gasteiger partial charge < -0.3 is 4.55 Å². The van der Waals surface area contributed by atoms with Gasteiger partial charge in [-0.05, 0) is 33.8 Å². The molecule has 5 heteroatoms. The van der Waals surface area contributed by atoms with Gasteiger partial charge in [-0.15, -0.1) is 4.72 Å². The van der Waals surface area contributed by atoms with E-state index in [9.17, 15) is 8.94 Å². The van der Waals surface area contributed by atoms with Crippen molar-refractivity contribution in [2.24, 2.45) is 0 Å². The molecular weight excluding hydrogens is 251 g/mol. The molecule has 0 aliphatic carbocycles. The molecule has 0 aliphatic rings. The molecule has 1 N–H and O–H groups in total. The maximum absolute atomic E-state index is 13.9. The summed E-state index contributed by atoms with van der Waals surface area (Å²) in [6.45, 7) is 7.24. The molecule has 0 aliphatic heterocycles. The minimum absolute atomic E-state index is 0.00249. The van der Waals surface area contributed by atoms with Crippen LogP contribution in [0.1, 0.15) is 44.9 Å². The molecule has 0 amide bonds. The Bertz CT molecular complexity index is 465. The van der Waals surface area contributed by atoms with Crippen LogP contribution in [0, 0.1) is 17.1 Å². The lowest BCUT2D eigenvalue weighted by Crippen LogP contribution is -2.40. The predicted octanol–water partition coefficient (Wildman–Crippen LogP) is 2.81. The van der Waals surface area contributed by atoms with Gasteiger partial charge in [0, 0.05) is 16.9 Å². The second kappa shape index (κ2) is 5.70. The van der Waals surface area contributed by atoms with E-state index in [4.69, 9.17) is 5.26 Å². The van der Waals surface area contributed by atoms with Crippen LogP contribution in [0.2, 0.25) is 0 Å². The third-order valence-corrected chi connectivity index (χ3v) is 4.14. The molecule has 0 bridgehead atoms. The summed E-state index contributed by atoms with van der Waals surface area (Å²) in [7, 11) is 0. The molecule has 2 atom stereocenters. The van der Waals surface area contributed by atoms with Gasteiger partial charge >= 0.3 is 0 Å². The standard InChI is InChI=1S/C13H17FN2OS/c1-9(16-18(17)13(2,3)4)11-7-5-6-10(8-15)12(11)14/h5-7,9,16H,1-4H3/t9-,18+/m1/s1. The average Bonchev–Trinajstić information content (AvgIpc) is 2.27. The van der Waals surface area contributed by atoms with E-state index in [1.165, 1.54) is 6.07 Å². The van der Waals surface area contributed by atoms with E-state index in [0.29, 0.717) is 5.56 Å². The van der Waals surface area contributed by atoms with Crippen LogP contribution in [-0.2, 0) is 11.4 Å². The van der Waals surface area contributed by atoms with Crippen LogP contribution in [0.15, 0.2) is 18.2 Å². The Hall–Kier alpha value is -1.09. The normalized spacial score (nSPS) is 14.9. The zero-order valence-corrected chi connectivity index (χ0v) is 11.8. The highest BCUT2D eigenvalue weighted by Crippen LogP contribution is 2.23. The molecular formula is C13H17FN2OS. The lowest BCUT2D eigenvalue weighted by molar-refractivity contribution is 0.522. The first kappa shape index (κ1) is 15.0. The summed E-state index contributed by atoms with van der Waals surface area (Å²) in [6.07, 6.45) is 0. The number of benzene rings is 1. The maximum atomic E-state index is 13.9. The Morgan fingerprint density at radius 3 is 2.56 bits per heavy atom. The quantitative estimate of drug-likeness (QED) is 0.857. The highest BCUT2D eigenvalue weighted by Gasteiger charge is 2.29. The van der Waals surface area contributed by atoms with E-state index < -0.39 is 28.0 Å². The number of hydrogen-bond donors (Lipinski definition) is 1. The monoisotopic (exact) mass is 268 g/mol. The van der Waals surface area contributed by atoms with Gasteiger partial charge in [0.25, 0.3) is 0 Å². The van der Waals surface area contributed by atoms with Crippen LogP contribution < -0.4 is 4.72 Å². The molecule has 3 nitrogen and oxygen atoms in total. The van der Waals surface area contributed by atoms with Crippen LogP contribution in [0.3, 0.4) is 0 Å². The second-order valence-corrected chi connectivity index (χ2v) is 7.04. The topological polar surface area (TPSA) is 58.9 Å². The lowest BCUT2D eigenvalue weighted by Gasteiger charge is -2.26. The fourth-order valence-electron chi connectivity index (χ4n) is 1.37. The van der Waals surface area contributed by atoms with Crippen LogP contribution in [0.25, 0.3) is 0 Å². The first-order valence-corrected chi connectivity index (χ1v) is 6.79. The fraction of sp³-hybridized carbons (Fsp3) is 0.462. The molecule has 0 radical (unpaired) electrons. The van der Waals surface area contributed by atoms with Crippen molar-refractivity contribution < 1.29 is 8.94 Å². The number of nitrogens with one attached hydrogen (secondary N) is 1. The van der Waals surface area contributed by atoms with E-state index >= 15 is 0 Å². The van der Waals surface area contributed by atoms with Crippen molar-refractivity contribution in [3.8, 4) is 6.07 Å². The van der Waals surface area contributed by atoms with Gasteiger partial charge in [0.05, 0.1) is 11.6 Å². The largest absolute Gasteiger partial charge is 0.598 e. The Kier molecular flexibility index (Phi) is 4.74. The van der Waals surface area contributed by atoms with Crippen molar-refractivity contribution in [3.63, 3.8) is 0 Å². The van der Waals surface area contributed by atoms with Gasteiger partial charge in [0.2, 0.25) is 0 Å². The minimum atomic E-state index is -1.28.